The zero-order chi connectivity index (χ0) is 8.20. The molecule has 1 unspecified atom stereocenters. The molecule has 0 bridgehead atoms. The van der Waals surface area contributed by atoms with E-state index in [9.17, 15) is 4.21 Å². The molecule has 0 radical (unpaired) electrons. The molecule has 2 nitrogen and oxygen atoms in total. The van der Waals surface area contributed by atoms with Crippen molar-refractivity contribution in [3.63, 3.8) is 0 Å². The van der Waals surface area contributed by atoms with Crippen LogP contribution >= 0.6 is 0 Å². The number of hydrogen-bond donors (Lipinski definition) is 1. The van der Waals surface area contributed by atoms with Crippen molar-refractivity contribution in [1.29, 1.82) is 0 Å². The largest absolute Gasteiger partial charge is 0.243 e. The summed E-state index contributed by atoms with van der Waals surface area (Å²) < 4.78 is 13.7. The second-order valence-corrected chi connectivity index (χ2v) is 3.98. The zero-order valence-corrected chi connectivity index (χ0v) is 7.42. The first-order valence-corrected chi connectivity index (χ1v) is 4.47. The van der Waals surface area contributed by atoms with Crippen LogP contribution in [-0.2, 0) is 11.0 Å². The first-order chi connectivity index (χ1) is 4.52. The highest BCUT2D eigenvalue weighted by molar-refractivity contribution is 7.83. The lowest BCUT2D eigenvalue weighted by Crippen LogP contribution is -2.39. The lowest BCUT2D eigenvalue weighted by Gasteiger charge is -2.17. The molecule has 58 valence electrons. The fourth-order valence-electron chi connectivity index (χ4n) is 0.386. The molecule has 0 aliphatic carbocycles. The van der Waals surface area contributed by atoms with Crippen molar-refractivity contribution in [2.75, 3.05) is 5.75 Å². The van der Waals surface area contributed by atoms with Gasteiger partial charge in [-0.3, -0.25) is 0 Å². The quantitative estimate of drug-likeness (QED) is 0.603. The van der Waals surface area contributed by atoms with Crippen molar-refractivity contribution in [2.45, 2.75) is 26.3 Å². The van der Waals surface area contributed by atoms with E-state index in [4.69, 9.17) is 6.42 Å². The third-order valence-corrected chi connectivity index (χ3v) is 2.25. The summed E-state index contributed by atoms with van der Waals surface area (Å²) in [6, 6.07) is 0. The van der Waals surface area contributed by atoms with Crippen LogP contribution in [0.15, 0.2) is 0 Å². The summed E-state index contributed by atoms with van der Waals surface area (Å²) in [6.07, 6.45) is 5.16. The van der Waals surface area contributed by atoms with Gasteiger partial charge >= 0.3 is 0 Å². The normalized spacial score (nSPS) is 14.2. The van der Waals surface area contributed by atoms with Crippen LogP contribution in [0.3, 0.4) is 0 Å². The van der Waals surface area contributed by atoms with Gasteiger partial charge in [-0.2, -0.15) is 0 Å². The topological polar surface area (TPSA) is 29.1 Å². The Labute approximate surface area is 65.0 Å². The molecule has 0 saturated carbocycles. The molecule has 0 aromatic carbocycles. The minimum atomic E-state index is -0.989. The Morgan fingerprint density at radius 3 is 2.50 bits per heavy atom. The van der Waals surface area contributed by atoms with Crippen molar-refractivity contribution in [1.82, 2.24) is 4.72 Å². The van der Waals surface area contributed by atoms with E-state index in [2.05, 4.69) is 10.6 Å². The minimum absolute atomic E-state index is 0.457. The van der Waals surface area contributed by atoms with E-state index in [1.165, 1.54) is 0 Å². The Kier molecular flexibility index (Phi) is 3.62. The molecule has 0 fully saturated rings. The molecular weight excluding hydrogens is 146 g/mol. The lowest BCUT2D eigenvalue weighted by molar-refractivity contribution is 0.596. The Morgan fingerprint density at radius 2 is 2.20 bits per heavy atom. The van der Waals surface area contributed by atoms with Gasteiger partial charge in [0.05, 0.1) is 16.5 Å². The van der Waals surface area contributed by atoms with E-state index in [0.29, 0.717) is 5.75 Å². The van der Waals surface area contributed by atoms with Gasteiger partial charge in [-0.05, 0) is 13.8 Å². The van der Waals surface area contributed by atoms with Gasteiger partial charge in [0.25, 0.3) is 0 Å². The van der Waals surface area contributed by atoms with Crippen LogP contribution in [0, 0.1) is 12.3 Å². The summed E-state index contributed by atoms with van der Waals surface area (Å²) in [5, 5.41) is 0. The highest BCUT2D eigenvalue weighted by atomic mass is 32.2. The first kappa shape index (κ1) is 9.67. The van der Waals surface area contributed by atoms with E-state index < -0.39 is 16.5 Å². The van der Waals surface area contributed by atoms with Crippen LogP contribution in [0.25, 0.3) is 0 Å². The summed E-state index contributed by atoms with van der Waals surface area (Å²) in [6.45, 7) is 5.48. The molecule has 0 amide bonds. The molecule has 0 aliphatic rings. The standard InChI is InChI=1S/C7H13NOS/c1-5-7(3,4)8-10(9)6-2/h1,8H,6H2,2-4H3. The lowest BCUT2D eigenvalue weighted by atomic mass is 10.1. The van der Waals surface area contributed by atoms with Crippen molar-refractivity contribution >= 4 is 11.0 Å². The van der Waals surface area contributed by atoms with Gasteiger partial charge in [0.2, 0.25) is 0 Å². The Hall–Kier alpha value is -0.330. The Morgan fingerprint density at radius 1 is 1.70 bits per heavy atom. The van der Waals surface area contributed by atoms with Gasteiger partial charge in [-0.15, -0.1) is 6.42 Å². The highest BCUT2D eigenvalue weighted by Gasteiger charge is 2.14. The summed E-state index contributed by atoms with van der Waals surface area (Å²) in [5.74, 6) is 3.09. The molecule has 0 saturated heterocycles. The average Bonchev–Trinajstić information content (AvgIpc) is 1.87. The second kappa shape index (κ2) is 3.75. The number of nitrogens with one attached hydrogen (secondary N) is 1. The van der Waals surface area contributed by atoms with E-state index in [1.54, 1.807) is 0 Å². The minimum Gasteiger partial charge on any atom is -0.243 e. The second-order valence-electron chi connectivity index (χ2n) is 2.51. The molecule has 10 heavy (non-hydrogen) atoms. The molecule has 0 aliphatic heterocycles. The molecular formula is C7H13NOS. The van der Waals surface area contributed by atoms with Crippen LogP contribution in [0.4, 0.5) is 0 Å². The van der Waals surface area contributed by atoms with Gasteiger partial charge < -0.3 is 0 Å². The summed E-state index contributed by atoms with van der Waals surface area (Å²) >= 11 is 0. The first-order valence-electron chi connectivity index (χ1n) is 3.16. The van der Waals surface area contributed by atoms with Crippen molar-refractivity contribution in [3.8, 4) is 12.3 Å². The SMILES string of the molecule is C#CC(C)(C)NS(=O)CC. The third kappa shape index (κ3) is 3.65. The van der Waals surface area contributed by atoms with Crippen molar-refractivity contribution < 1.29 is 4.21 Å². The maximum absolute atomic E-state index is 10.9. The fourth-order valence-corrected chi connectivity index (χ4v) is 1.16. The summed E-state index contributed by atoms with van der Waals surface area (Å²) in [4.78, 5) is 0. The molecule has 1 atom stereocenters. The number of rotatable bonds is 3. The zero-order valence-electron chi connectivity index (χ0n) is 6.60. The van der Waals surface area contributed by atoms with Crippen LogP contribution in [0.5, 0.6) is 0 Å². The number of hydrogen-bond acceptors (Lipinski definition) is 1. The smallest absolute Gasteiger partial charge is 0.0925 e. The number of terminal acetylenes is 1. The Balaban J connectivity index is 3.92. The maximum atomic E-state index is 10.9. The van der Waals surface area contributed by atoms with Crippen LogP contribution in [0.1, 0.15) is 20.8 Å². The van der Waals surface area contributed by atoms with Crippen molar-refractivity contribution in [2.24, 2.45) is 0 Å². The molecule has 0 aromatic rings. The van der Waals surface area contributed by atoms with Crippen LogP contribution in [-0.4, -0.2) is 15.5 Å². The van der Waals surface area contributed by atoms with Gasteiger partial charge in [-0.1, -0.05) is 12.8 Å². The summed E-state index contributed by atoms with van der Waals surface area (Å²) in [7, 11) is -0.989. The van der Waals surface area contributed by atoms with E-state index in [-0.39, 0.29) is 0 Å². The average molecular weight is 159 g/mol. The van der Waals surface area contributed by atoms with Gasteiger partial charge in [0.1, 0.15) is 0 Å². The molecule has 0 spiro atoms. The maximum Gasteiger partial charge on any atom is 0.0925 e. The highest BCUT2D eigenvalue weighted by Crippen LogP contribution is 1.99. The molecule has 3 heteroatoms. The van der Waals surface area contributed by atoms with E-state index in [1.807, 2.05) is 20.8 Å². The predicted molar refractivity (Wildman–Crippen MR) is 44.7 cm³/mol. The van der Waals surface area contributed by atoms with Gasteiger partial charge in [0.15, 0.2) is 0 Å². The summed E-state index contributed by atoms with van der Waals surface area (Å²) in [5.41, 5.74) is -0.457. The Bertz CT molecular complexity index is 169. The van der Waals surface area contributed by atoms with E-state index >= 15 is 0 Å². The monoisotopic (exact) mass is 159 g/mol. The van der Waals surface area contributed by atoms with Gasteiger partial charge in [-0.25, -0.2) is 8.93 Å². The van der Waals surface area contributed by atoms with Crippen LogP contribution in [0.2, 0.25) is 0 Å². The van der Waals surface area contributed by atoms with E-state index in [0.717, 1.165) is 0 Å². The molecule has 0 aromatic heterocycles. The van der Waals surface area contributed by atoms with Crippen molar-refractivity contribution in [3.05, 3.63) is 0 Å². The predicted octanol–water partition coefficient (Wildman–Crippen LogP) is 0.671. The molecule has 0 rings (SSSR count). The van der Waals surface area contributed by atoms with Gasteiger partial charge in [0, 0.05) is 5.75 Å². The third-order valence-electron chi connectivity index (χ3n) is 0.992. The fraction of sp³-hybridized carbons (Fsp3) is 0.714. The molecule has 0 heterocycles. The molecule has 1 N–H and O–H groups in total. The van der Waals surface area contributed by atoms with Crippen LogP contribution < -0.4 is 4.72 Å².